The number of carboxylic acids is 1. The Balaban J connectivity index is 2.48. The zero-order valence-corrected chi connectivity index (χ0v) is 11.2. The van der Waals surface area contributed by atoms with Crippen molar-refractivity contribution in [2.75, 3.05) is 6.54 Å². The molecule has 0 aliphatic heterocycles. The van der Waals surface area contributed by atoms with Crippen LogP contribution >= 0.6 is 0 Å². The molecule has 6 nitrogen and oxygen atoms in total. The number of hydrogen-bond acceptors (Lipinski definition) is 4. The van der Waals surface area contributed by atoms with Gasteiger partial charge < -0.3 is 10.4 Å². The molecule has 0 aliphatic rings. The first-order chi connectivity index (χ1) is 9.02. The van der Waals surface area contributed by atoms with Gasteiger partial charge in [-0.3, -0.25) is 9.59 Å². The van der Waals surface area contributed by atoms with Crippen molar-refractivity contribution in [3.63, 3.8) is 0 Å². The van der Waals surface area contributed by atoms with E-state index in [2.05, 4.69) is 15.3 Å². The molecule has 19 heavy (non-hydrogen) atoms. The Morgan fingerprint density at radius 2 is 2.11 bits per heavy atom. The summed E-state index contributed by atoms with van der Waals surface area (Å²) in [5, 5.41) is 11.2. The Hall–Kier alpha value is -1.98. The molecule has 6 heteroatoms. The second-order valence-corrected chi connectivity index (χ2v) is 4.58. The fourth-order valence-corrected chi connectivity index (χ4v) is 1.67. The average molecular weight is 265 g/mol. The van der Waals surface area contributed by atoms with Crippen LogP contribution in [0, 0.1) is 0 Å². The molecule has 0 aliphatic carbocycles. The number of carbonyl (C=O) groups excluding carboxylic acids is 1. The Morgan fingerprint density at radius 3 is 2.74 bits per heavy atom. The predicted octanol–water partition coefficient (Wildman–Crippen LogP) is 1.58. The number of amides is 1. The number of nitrogens with one attached hydrogen (secondary N) is 1. The zero-order valence-electron chi connectivity index (χ0n) is 11.2. The Kier molecular flexibility index (Phi) is 5.92. The SMILES string of the molecule is CC(C)c1ncncc1C(=O)NCCCCC(=O)O. The first kappa shape index (κ1) is 15.1. The topological polar surface area (TPSA) is 92.2 Å². The van der Waals surface area contributed by atoms with Gasteiger partial charge in [-0.15, -0.1) is 0 Å². The van der Waals surface area contributed by atoms with Crippen LogP contribution in [0.3, 0.4) is 0 Å². The first-order valence-electron chi connectivity index (χ1n) is 6.32. The molecule has 0 saturated carbocycles. The van der Waals surface area contributed by atoms with Gasteiger partial charge in [0, 0.05) is 19.2 Å². The minimum absolute atomic E-state index is 0.127. The van der Waals surface area contributed by atoms with Crippen LogP contribution in [-0.2, 0) is 4.79 Å². The van der Waals surface area contributed by atoms with Gasteiger partial charge >= 0.3 is 5.97 Å². The highest BCUT2D eigenvalue weighted by Gasteiger charge is 2.14. The number of rotatable bonds is 7. The zero-order chi connectivity index (χ0) is 14.3. The molecule has 0 spiro atoms. The van der Waals surface area contributed by atoms with Crippen molar-refractivity contribution in [3.8, 4) is 0 Å². The largest absolute Gasteiger partial charge is 0.481 e. The van der Waals surface area contributed by atoms with Gasteiger partial charge in [0.15, 0.2) is 0 Å². The Morgan fingerprint density at radius 1 is 1.37 bits per heavy atom. The number of unbranched alkanes of at least 4 members (excludes halogenated alkanes) is 1. The Labute approximate surface area is 112 Å². The lowest BCUT2D eigenvalue weighted by Gasteiger charge is -2.10. The van der Waals surface area contributed by atoms with E-state index in [1.807, 2.05) is 13.8 Å². The van der Waals surface area contributed by atoms with E-state index in [0.717, 1.165) is 5.69 Å². The van der Waals surface area contributed by atoms with Gasteiger partial charge in [0.1, 0.15) is 6.33 Å². The third-order valence-electron chi connectivity index (χ3n) is 2.64. The van der Waals surface area contributed by atoms with Gasteiger partial charge in [0.2, 0.25) is 0 Å². The molecule has 0 bridgehead atoms. The minimum Gasteiger partial charge on any atom is -0.481 e. The van der Waals surface area contributed by atoms with Crippen LogP contribution in [0.15, 0.2) is 12.5 Å². The number of aliphatic carboxylic acids is 1. The highest BCUT2D eigenvalue weighted by atomic mass is 16.4. The number of carboxylic acid groups (broad SMARTS) is 1. The van der Waals surface area contributed by atoms with E-state index in [1.165, 1.54) is 12.5 Å². The van der Waals surface area contributed by atoms with E-state index in [1.54, 1.807) is 0 Å². The summed E-state index contributed by atoms with van der Waals surface area (Å²) in [5.41, 5.74) is 1.20. The van der Waals surface area contributed by atoms with E-state index >= 15 is 0 Å². The number of hydrogen-bond donors (Lipinski definition) is 2. The molecule has 1 heterocycles. The lowest BCUT2D eigenvalue weighted by atomic mass is 10.0. The second kappa shape index (κ2) is 7.45. The fourth-order valence-electron chi connectivity index (χ4n) is 1.67. The summed E-state index contributed by atoms with van der Waals surface area (Å²) in [5.74, 6) is -0.875. The van der Waals surface area contributed by atoms with Crippen LogP contribution < -0.4 is 5.32 Å². The summed E-state index contributed by atoms with van der Waals surface area (Å²) < 4.78 is 0. The van der Waals surface area contributed by atoms with E-state index in [-0.39, 0.29) is 18.2 Å². The third kappa shape index (κ3) is 5.03. The van der Waals surface area contributed by atoms with E-state index in [0.29, 0.717) is 24.9 Å². The molecular formula is C13H19N3O3. The van der Waals surface area contributed by atoms with Crippen LogP contribution in [0.1, 0.15) is 55.1 Å². The molecule has 0 radical (unpaired) electrons. The molecular weight excluding hydrogens is 246 g/mol. The molecule has 1 rings (SSSR count). The first-order valence-corrected chi connectivity index (χ1v) is 6.32. The normalized spacial score (nSPS) is 10.5. The molecule has 0 unspecified atom stereocenters. The highest BCUT2D eigenvalue weighted by molar-refractivity contribution is 5.95. The maximum atomic E-state index is 12.0. The summed E-state index contributed by atoms with van der Waals surface area (Å²) >= 11 is 0. The summed E-state index contributed by atoms with van der Waals surface area (Å²) in [6, 6.07) is 0. The molecule has 0 atom stereocenters. The average Bonchev–Trinajstić information content (AvgIpc) is 2.37. The predicted molar refractivity (Wildman–Crippen MR) is 69.9 cm³/mol. The molecule has 0 saturated heterocycles. The van der Waals surface area contributed by atoms with Crippen molar-refractivity contribution < 1.29 is 14.7 Å². The van der Waals surface area contributed by atoms with Crippen LogP contribution in [0.25, 0.3) is 0 Å². The number of aromatic nitrogens is 2. The van der Waals surface area contributed by atoms with Gasteiger partial charge in [-0.1, -0.05) is 13.8 Å². The highest BCUT2D eigenvalue weighted by Crippen LogP contribution is 2.15. The number of carbonyl (C=O) groups is 2. The van der Waals surface area contributed by atoms with E-state index < -0.39 is 5.97 Å². The molecule has 0 fully saturated rings. The van der Waals surface area contributed by atoms with Crippen molar-refractivity contribution in [2.24, 2.45) is 0 Å². The third-order valence-corrected chi connectivity index (χ3v) is 2.64. The van der Waals surface area contributed by atoms with Crippen molar-refractivity contribution >= 4 is 11.9 Å². The van der Waals surface area contributed by atoms with E-state index in [9.17, 15) is 9.59 Å². The molecule has 104 valence electrons. The quantitative estimate of drug-likeness (QED) is 0.730. The maximum Gasteiger partial charge on any atom is 0.303 e. The lowest BCUT2D eigenvalue weighted by molar-refractivity contribution is -0.137. The van der Waals surface area contributed by atoms with Gasteiger partial charge in [-0.25, -0.2) is 9.97 Å². The molecule has 1 aromatic heterocycles. The molecule has 2 N–H and O–H groups in total. The monoisotopic (exact) mass is 265 g/mol. The minimum atomic E-state index is -0.815. The number of nitrogens with zero attached hydrogens (tertiary/aromatic N) is 2. The smallest absolute Gasteiger partial charge is 0.303 e. The van der Waals surface area contributed by atoms with Crippen molar-refractivity contribution in [2.45, 2.75) is 39.0 Å². The van der Waals surface area contributed by atoms with Crippen LogP contribution in [0.2, 0.25) is 0 Å². The lowest BCUT2D eigenvalue weighted by Crippen LogP contribution is -2.26. The van der Waals surface area contributed by atoms with E-state index in [4.69, 9.17) is 5.11 Å². The summed E-state index contributed by atoms with van der Waals surface area (Å²) in [6.45, 7) is 4.39. The second-order valence-electron chi connectivity index (χ2n) is 4.58. The van der Waals surface area contributed by atoms with Gasteiger partial charge in [-0.2, -0.15) is 0 Å². The Bertz CT molecular complexity index is 447. The molecule has 0 aromatic carbocycles. The van der Waals surface area contributed by atoms with Crippen LogP contribution in [-0.4, -0.2) is 33.5 Å². The summed E-state index contributed by atoms with van der Waals surface area (Å²) in [4.78, 5) is 30.3. The van der Waals surface area contributed by atoms with Crippen molar-refractivity contribution in [1.29, 1.82) is 0 Å². The van der Waals surface area contributed by atoms with Crippen LogP contribution in [0.4, 0.5) is 0 Å². The fraction of sp³-hybridized carbons (Fsp3) is 0.538. The summed E-state index contributed by atoms with van der Waals surface area (Å²) in [6.07, 6.45) is 4.26. The van der Waals surface area contributed by atoms with Gasteiger partial charge in [0.05, 0.1) is 11.3 Å². The van der Waals surface area contributed by atoms with Gasteiger partial charge in [-0.05, 0) is 18.8 Å². The summed E-state index contributed by atoms with van der Waals surface area (Å²) in [7, 11) is 0. The van der Waals surface area contributed by atoms with Crippen molar-refractivity contribution in [1.82, 2.24) is 15.3 Å². The molecule has 1 amide bonds. The standard InChI is InChI=1S/C13H19N3O3/c1-9(2)12-10(7-14-8-16-12)13(19)15-6-4-3-5-11(17)18/h7-9H,3-6H2,1-2H3,(H,15,19)(H,17,18). The molecule has 1 aromatic rings. The maximum absolute atomic E-state index is 12.0. The van der Waals surface area contributed by atoms with Gasteiger partial charge in [0.25, 0.3) is 5.91 Å². The van der Waals surface area contributed by atoms with Crippen LogP contribution in [0.5, 0.6) is 0 Å². The van der Waals surface area contributed by atoms with Crippen molar-refractivity contribution in [3.05, 3.63) is 23.8 Å².